The van der Waals surface area contributed by atoms with Gasteiger partial charge in [0.1, 0.15) is 11.6 Å². The quantitative estimate of drug-likeness (QED) is 0.884. The summed E-state index contributed by atoms with van der Waals surface area (Å²) in [6.45, 7) is 2.00. The van der Waals surface area contributed by atoms with Gasteiger partial charge in [-0.25, -0.2) is 4.39 Å². The summed E-state index contributed by atoms with van der Waals surface area (Å²) in [6.07, 6.45) is 4.21. The zero-order chi connectivity index (χ0) is 14.0. The standard InChI is InChI=1S/C15H23FN2O/c1-10(14-9-11(16)3-8-15(14)19)18(2)13-6-4-12(17)5-7-13/h3,8-10,12-13,19H,4-7,17H2,1-2H3. The van der Waals surface area contributed by atoms with Crippen molar-refractivity contribution in [3.05, 3.63) is 29.6 Å². The summed E-state index contributed by atoms with van der Waals surface area (Å²) in [4.78, 5) is 2.22. The fraction of sp³-hybridized carbons (Fsp3) is 0.600. The van der Waals surface area contributed by atoms with Crippen LogP contribution in [-0.2, 0) is 0 Å². The lowest BCUT2D eigenvalue weighted by Crippen LogP contribution is -2.39. The van der Waals surface area contributed by atoms with Crippen molar-refractivity contribution >= 4 is 0 Å². The van der Waals surface area contributed by atoms with Gasteiger partial charge in [-0.3, -0.25) is 4.90 Å². The van der Waals surface area contributed by atoms with Crippen LogP contribution >= 0.6 is 0 Å². The van der Waals surface area contributed by atoms with Crippen LogP contribution in [0, 0.1) is 5.82 Å². The van der Waals surface area contributed by atoms with Gasteiger partial charge >= 0.3 is 0 Å². The van der Waals surface area contributed by atoms with Gasteiger partial charge in [-0.2, -0.15) is 0 Å². The molecule has 1 saturated carbocycles. The SMILES string of the molecule is CC(c1cc(F)ccc1O)N(C)C1CCC(N)CC1. The molecule has 0 aromatic heterocycles. The predicted molar refractivity (Wildman–Crippen MR) is 74.5 cm³/mol. The van der Waals surface area contributed by atoms with Crippen LogP contribution in [0.5, 0.6) is 5.75 Å². The zero-order valence-corrected chi connectivity index (χ0v) is 11.6. The third kappa shape index (κ3) is 3.25. The summed E-state index contributed by atoms with van der Waals surface area (Å²) < 4.78 is 13.3. The van der Waals surface area contributed by atoms with Crippen LogP contribution in [0.15, 0.2) is 18.2 Å². The Morgan fingerprint density at radius 1 is 1.32 bits per heavy atom. The lowest BCUT2D eigenvalue weighted by Gasteiger charge is -2.37. The van der Waals surface area contributed by atoms with Crippen molar-refractivity contribution < 1.29 is 9.50 Å². The summed E-state index contributed by atoms with van der Waals surface area (Å²) in [5, 5.41) is 9.88. The summed E-state index contributed by atoms with van der Waals surface area (Å²) in [6, 6.07) is 4.90. The highest BCUT2D eigenvalue weighted by Crippen LogP contribution is 2.32. The Balaban J connectivity index is 2.10. The molecule has 3 nitrogen and oxygen atoms in total. The van der Waals surface area contributed by atoms with Crippen LogP contribution in [0.2, 0.25) is 0 Å². The monoisotopic (exact) mass is 266 g/mol. The molecule has 0 amide bonds. The van der Waals surface area contributed by atoms with E-state index < -0.39 is 0 Å². The predicted octanol–water partition coefficient (Wildman–Crippen LogP) is 2.79. The van der Waals surface area contributed by atoms with Gasteiger partial charge in [0, 0.05) is 23.7 Å². The number of hydrogen-bond acceptors (Lipinski definition) is 3. The van der Waals surface area contributed by atoms with E-state index in [0.29, 0.717) is 17.6 Å². The lowest BCUT2D eigenvalue weighted by atomic mass is 9.89. The van der Waals surface area contributed by atoms with Gasteiger partial charge in [0.25, 0.3) is 0 Å². The highest BCUT2D eigenvalue weighted by molar-refractivity contribution is 5.35. The summed E-state index contributed by atoms with van der Waals surface area (Å²) >= 11 is 0. The van der Waals surface area contributed by atoms with Crippen LogP contribution in [0.4, 0.5) is 4.39 Å². The van der Waals surface area contributed by atoms with E-state index in [9.17, 15) is 9.50 Å². The topological polar surface area (TPSA) is 49.5 Å². The summed E-state index contributed by atoms with van der Waals surface area (Å²) in [7, 11) is 2.04. The maximum atomic E-state index is 13.3. The van der Waals surface area contributed by atoms with Gasteiger partial charge in [0.15, 0.2) is 0 Å². The summed E-state index contributed by atoms with van der Waals surface area (Å²) in [5.74, 6) is -0.146. The molecule has 1 fully saturated rings. The van der Waals surface area contributed by atoms with E-state index in [1.54, 1.807) is 0 Å². The fourth-order valence-corrected chi connectivity index (χ4v) is 2.90. The Kier molecular flexibility index (Phi) is 4.42. The number of hydrogen-bond donors (Lipinski definition) is 2. The lowest BCUT2D eigenvalue weighted by molar-refractivity contribution is 0.139. The average molecular weight is 266 g/mol. The molecule has 1 atom stereocenters. The Morgan fingerprint density at radius 3 is 2.58 bits per heavy atom. The van der Waals surface area contributed by atoms with Gasteiger partial charge in [-0.15, -0.1) is 0 Å². The maximum absolute atomic E-state index is 13.3. The van der Waals surface area contributed by atoms with Gasteiger partial charge in [-0.05, 0) is 57.9 Å². The second-order valence-corrected chi connectivity index (χ2v) is 5.61. The Labute approximate surface area is 114 Å². The van der Waals surface area contributed by atoms with Crippen molar-refractivity contribution in [2.45, 2.75) is 50.7 Å². The van der Waals surface area contributed by atoms with Crippen LogP contribution in [-0.4, -0.2) is 29.1 Å². The number of aromatic hydroxyl groups is 1. The molecule has 4 heteroatoms. The Morgan fingerprint density at radius 2 is 1.95 bits per heavy atom. The number of rotatable bonds is 3. The third-order valence-corrected chi connectivity index (χ3v) is 4.37. The Hall–Kier alpha value is -1.13. The van der Waals surface area contributed by atoms with Crippen molar-refractivity contribution in [2.24, 2.45) is 5.73 Å². The number of phenols is 1. The minimum atomic E-state index is -0.307. The number of halogens is 1. The zero-order valence-electron chi connectivity index (χ0n) is 11.6. The van der Waals surface area contributed by atoms with Crippen molar-refractivity contribution in [1.29, 1.82) is 0 Å². The normalized spacial score (nSPS) is 25.5. The molecule has 0 heterocycles. The molecule has 3 N–H and O–H groups in total. The minimum absolute atomic E-state index is 0.00461. The van der Waals surface area contributed by atoms with E-state index in [0.717, 1.165) is 25.7 Å². The molecule has 1 aliphatic carbocycles. The molecule has 0 radical (unpaired) electrons. The average Bonchev–Trinajstić information content (AvgIpc) is 2.41. The van der Waals surface area contributed by atoms with E-state index >= 15 is 0 Å². The summed E-state index contributed by atoms with van der Waals surface area (Å²) in [5.41, 5.74) is 6.57. The molecule has 1 aromatic rings. The van der Waals surface area contributed by atoms with E-state index in [1.807, 2.05) is 14.0 Å². The van der Waals surface area contributed by atoms with Crippen LogP contribution in [0.25, 0.3) is 0 Å². The van der Waals surface area contributed by atoms with E-state index in [4.69, 9.17) is 5.73 Å². The van der Waals surface area contributed by atoms with Crippen molar-refractivity contribution in [3.8, 4) is 5.75 Å². The molecule has 1 aromatic carbocycles. The molecule has 0 saturated heterocycles. The van der Waals surface area contributed by atoms with Crippen molar-refractivity contribution in [1.82, 2.24) is 4.90 Å². The first kappa shape index (κ1) is 14.3. The number of phenolic OH excluding ortho intramolecular Hbond substituents is 1. The maximum Gasteiger partial charge on any atom is 0.123 e. The van der Waals surface area contributed by atoms with E-state index in [-0.39, 0.29) is 17.6 Å². The molecule has 106 valence electrons. The van der Waals surface area contributed by atoms with Gasteiger partial charge in [-0.1, -0.05) is 0 Å². The second kappa shape index (κ2) is 5.88. The molecular formula is C15H23FN2O. The van der Waals surface area contributed by atoms with Crippen molar-refractivity contribution in [2.75, 3.05) is 7.05 Å². The molecule has 0 aliphatic heterocycles. The Bertz CT molecular complexity index is 430. The minimum Gasteiger partial charge on any atom is -0.508 e. The number of nitrogens with zero attached hydrogens (tertiary/aromatic N) is 1. The van der Waals surface area contributed by atoms with Crippen LogP contribution < -0.4 is 5.73 Å². The van der Waals surface area contributed by atoms with E-state index in [2.05, 4.69) is 4.90 Å². The first-order valence-electron chi connectivity index (χ1n) is 6.95. The first-order valence-corrected chi connectivity index (χ1v) is 6.95. The molecular weight excluding hydrogens is 243 g/mol. The highest BCUT2D eigenvalue weighted by Gasteiger charge is 2.26. The number of benzene rings is 1. The molecule has 0 bridgehead atoms. The fourth-order valence-electron chi connectivity index (χ4n) is 2.90. The second-order valence-electron chi connectivity index (χ2n) is 5.61. The smallest absolute Gasteiger partial charge is 0.123 e. The first-order chi connectivity index (χ1) is 8.99. The van der Waals surface area contributed by atoms with Gasteiger partial charge < -0.3 is 10.8 Å². The third-order valence-electron chi connectivity index (χ3n) is 4.37. The number of nitrogens with two attached hydrogens (primary N) is 1. The van der Waals surface area contributed by atoms with Crippen LogP contribution in [0.1, 0.15) is 44.2 Å². The van der Waals surface area contributed by atoms with Crippen molar-refractivity contribution in [3.63, 3.8) is 0 Å². The van der Waals surface area contributed by atoms with Gasteiger partial charge in [0.05, 0.1) is 0 Å². The molecule has 2 rings (SSSR count). The van der Waals surface area contributed by atoms with E-state index in [1.165, 1.54) is 18.2 Å². The largest absolute Gasteiger partial charge is 0.508 e. The molecule has 1 aliphatic rings. The van der Waals surface area contributed by atoms with Gasteiger partial charge in [0.2, 0.25) is 0 Å². The molecule has 0 spiro atoms. The van der Waals surface area contributed by atoms with Crippen LogP contribution in [0.3, 0.4) is 0 Å². The molecule has 19 heavy (non-hydrogen) atoms. The molecule has 1 unspecified atom stereocenters. The highest BCUT2D eigenvalue weighted by atomic mass is 19.1.